The third-order valence-corrected chi connectivity index (χ3v) is 7.04. The molecule has 0 aliphatic rings. The Hall–Kier alpha value is -3.10. The highest BCUT2D eigenvalue weighted by molar-refractivity contribution is 7.98. The van der Waals surface area contributed by atoms with Crippen LogP contribution in [-0.2, 0) is 10.5 Å². The first-order chi connectivity index (χ1) is 15.5. The number of hydrogen-bond acceptors (Lipinski definition) is 6. The molecule has 0 spiro atoms. The molecule has 32 heavy (non-hydrogen) atoms. The Morgan fingerprint density at radius 1 is 1.19 bits per heavy atom. The van der Waals surface area contributed by atoms with Gasteiger partial charge in [0.05, 0.1) is 24.2 Å². The number of hydrogen-bond donors (Lipinski definition) is 0. The van der Waals surface area contributed by atoms with Crippen LogP contribution < -0.4 is 9.64 Å². The van der Waals surface area contributed by atoms with Gasteiger partial charge >= 0.3 is 0 Å². The number of methoxy groups -OCH3 is 1. The van der Waals surface area contributed by atoms with E-state index in [1.165, 1.54) is 29.4 Å². The van der Waals surface area contributed by atoms with Crippen molar-refractivity contribution in [1.82, 2.24) is 14.5 Å². The molecule has 4 aromatic rings. The van der Waals surface area contributed by atoms with Gasteiger partial charge in [0.15, 0.2) is 10.3 Å². The minimum Gasteiger partial charge on any atom is -0.495 e. The first kappa shape index (κ1) is 22.1. The lowest BCUT2D eigenvalue weighted by Crippen LogP contribution is -2.23. The molecule has 1 amide bonds. The molecule has 0 saturated carbocycles. The molecule has 0 saturated heterocycles. The lowest BCUT2D eigenvalue weighted by molar-refractivity contribution is -0.115. The van der Waals surface area contributed by atoms with E-state index in [0.29, 0.717) is 22.3 Å². The zero-order valence-electron chi connectivity index (χ0n) is 18.4. The minimum absolute atomic E-state index is 0.117. The average Bonchev–Trinajstić information content (AvgIpc) is 3.44. The highest BCUT2D eigenvalue weighted by Crippen LogP contribution is 2.36. The molecule has 4 rings (SSSR count). The van der Waals surface area contributed by atoms with Crippen molar-refractivity contribution in [3.63, 3.8) is 0 Å². The van der Waals surface area contributed by atoms with Crippen LogP contribution in [0.2, 0.25) is 0 Å². The smallest absolute Gasteiger partial charge is 0.230 e. The number of rotatable bonds is 7. The van der Waals surface area contributed by atoms with Gasteiger partial charge in [-0.3, -0.25) is 14.3 Å². The van der Waals surface area contributed by atoms with E-state index in [1.54, 1.807) is 23.8 Å². The zero-order chi connectivity index (χ0) is 22.7. The highest BCUT2D eigenvalue weighted by Gasteiger charge is 2.21. The van der Waals surface area contributed by atoms with E-state index in [9.17, 15) is 4.79 Å². The van der Waals surface area contributed by atoms with Crippen LogP contribution in [0.3, 0.4) is 0 Å². The number of thiazole rings is 1. The van der Waals surface area contributed by atoms with Crippen LogP contribution in [0.5, 0.6) is 5.75 Å². The Kier molecular flexibility index (Phi) is 6.62. The van der Waals surface area contributed by atoms with E-state index in [2.05, 4.69) is 41.6 Å². The molecule has 0 bridgehead atoms. The Bertz CT molecular complexity index is 1250. The molecule has 2 aromatic carbocycles. The largest absolute Gasteiger partial charge is 0.495 e. The molecular formula is C24H24N4O2S2. The van der Waals surface area contributed by atoms with E-state index in [4.69, 9.17) is 9.72 Å². The summed E-state index contributed by atoms with van der Waals surface area (Å²) in [6.45, 7) is 5.77. The summed E-state index contributed by atoms with van der Waals surface area (Å²) < 4.78 is 7.55. The number of para-hydroxylation sites is 2. The second-order valence-corrected chi connectivity index (χ2v) is 9.01. The topological polar surface area (TPSA) is 60.2 Å². The van der Waals surface area contributed by atoms with Crippen LogP contribution >= 0.6 is 23.1 Å². The Morgan fingerprint density at radius 3 is 2.78 bits per heavy atom. The fourth-order valence-electron chi connectivity index (χ4n) is 3.40. The van der Waals surface area contributed by atoms with E-state index in [-0.39, 0.29) is 5.91 Å². The summed E-state index contributed by atoms with van der Waals surface area (Å²) in [5.41, 5.74) is 5.19. The van der Waals surface area contributed by atoms with Gasteiger partial charge in [0.2, 0.25) is 5.91 Å². The lowest BCUT2D eigenvalue weighted by atomic mass is 10.1. The van der Waals surface area contributed by atoms with Gasteiger partial charge in [-0.1, -0.05) is 36.0 Å². The number of anilines is 2. The van der Waals surface area contributed by atoms with E-state index in [0.717, 1.165) is 16.5 Å². The third-order valence-electron chi connectivity index (χ3n) is 5.16. The van der Waals surface area contributed by atoms with Gasteiger partial charge in [-0.2, -0.15) is 0 Å². The maximum absolute atomic E-state index is 12.4. The summed E-state index contributed by atoms with van der Waals surface area (Å²) in [5, 5.41) is 3.51. The van der Waals surface area contributed by atoms with Gasteiger partial charge in [0.1, 0.15) is 5.75 Å². The number of benzene rings is 2. The van der Waals surface area contributed by atoms with Crippen LogP contribution in [0.4, 0.5) is 10.8 Å². The standard InChI is InChI=1S/C24H24N4O2S2/c1-16-8-7-10-20(17(16)2)27-13-12-25-23(27)31-14-19-15-32-24(26-19)28(18(3)29)21-9-5-6-11-22(21)30-4/h5-13,15H,14H2,1-4H3. The Labute approximate surface area is 195 Å². The van der Waals surface area contributed by atoms with Crippen LogP contribution in [0.25, 0.3) is 5.69 Å². The SMILES string of the molecule is COc1ccccc1N(C(C)=O)c1nc(CSc2nccn2-c2cccc(C)c2C)cs1. The fourth-order valence-corrected chi connectivity index (χ4v) is 5.25. The number of nitrogens with zero attached hydrogens (tertiary/aromatic N) is 4. The number of amides is 1. The zero-order valence-corrected chi connectivity index (χ0v) is 20.0. The average molecular weight is 465 g/mol. The van der Waals surface area contributed by atoms with E-state index < -0.39 is 0 Å². The predicted octanol–water partition coefficient (Wildman–Crippen LogP) is 5.93. The van der Waals surface area contributed by atoms with Crippen molar-refractivity contribution in [1.29, 1.82) is 0 Å². The molecule has 164 valence electrons. The Balaban J connectivity index is 1.55. The second kappa shape index (κ2) is 9.58. The van der Waals surface area contributed by atoms with Crippen molar-refractivity contribution < 1.29 is 9.53 Å². The number of aromatic nitrogens is 3. The van der Waals surface area contributed by atoms with Crippen LogP contribution in [0.15, 0.2) is 65.4 Å². The molecular weight excluding hydrogens is 440 g/mol. The van der Waals surface area contributed by atoms with E-state index >= 15 is 0 Å². The van der Waals surface area contributed by atoms with Crippen molar-refractivity contribution in [3.05, 3.63) is 77.1 Å². The number of thioether (sulfide) groups is 1. The van der Waals surface area contributed by atoms with Crippen LogP contribution in [0, 0.1) is 13.8 Å². The third kappa shape index (κ3) is 4.42. The fraction of sp³-hybridized carbons (Fsp3) is 0.208. The van der Waals surface area contributed by atoms with Gasteiger partial charge in [-0.25, -0.2) is 9.97 Å². The molecule has 0 aliphatic heterocycles. The summed E-state index contributed by atoms with van der Waals surface area (Å²) in [4.78, 5) is 23.3. The second-order valence-electron chi connectivity index (χ2n) is 7.24. The monoisotopic (exact) mass is 464 g/mol. The molecule has 6 nitrogen and oxygen atoms in total. The summed E-state index contributed by atoms with van der Waals surface area (Å²) >= 11 is 3.06. The van der Waals surface area contributed by atoms with Crippen molar-refractivity contribution in [2.45, 2.75) is 31.7 Å². The van der Waals surface area contributed by atoms with Crippen LogP contribution in [0.1, 0.15) is 23.7 Å². The van der Waals surface area contributed by atoms with Crippen molar-refractivity contribution >= 4 is 39.8 Å². The van der Waals surface area contributed by atoms with Crippen LogP contribution in [-0.4, -0.2) is 27.6 Å². The quantitative estimate of drug-likeness (QED) is 0.317. The lowest BCUT2D eigenvalue weighted by Gasteiger charge is -2.20. The van der Waals surface area contributed by atoms with Crippen molar-refractivity contribution in [2.24, 2.45) is 0 Å². The van der Waals surface area contributed by atoms with Gasteiger partial charge in [-0.05, 0) is 43.2 Å². The summed E-state index contributed by atoms with van der Waals surface area (Å²) in [6, 6.07) is 13.7. The molecule has 0 fully saturated rings. The first-order valence-electron chi connectivity index (χ1n) is 10.1. The van der Waals surface area contributed by atoms with Gasteiger partial charge in [-0.15, -0.1) is 11.3 Å². The maximum atomic E-state index is 12.4. The molecule has 2 aromatic heterocycles. The number of carbonyl (C=O) groups excluding carboxylic acids is 1. The molecule has 0 radical (unpaired) electrons. The van der Waals surface area contributed by atoms with Gasteiger partial charge in [0, 0.05) is 30.5 Å². The van der Waals surface area contributed by atoms with E-state index in [1.807, 2.05) is 42.0 Å². The Morgan fingerprint density at radius 2 is 2.00 bits per heavy atom. The van der Waals surface area contributed by atoms with Crippen molar-refractivity contribution in [3.8, 4) is 11.4 Å². The molecule has 8 heteroatoms. The first-order valence-corrected chi connectivity index (χ1v) is 12.0. The van der Waals surface area contributed by atoms with Gasteiger partial charge < -0.3 is 4.74 Å². The summed E-state index contributed by atoms with van der Waals surface area (Å²) in [7, 11) is 1.60. The summed E-state index contributed by atoms with van der Waals surface area (Å²) in [5.74, 6) is 1.16. The minimum atomic E-state index is -0.117. The number of imidazole rings is 1. The summed E-state index contributed by atoms with van der Waals surface area (Å²) in [6.07, 6.45) is 3.80. The number of ether oxygens (including phenoxy) is 1. The molecule has 2 heterocycles. The normalized spacial score (nSPS) is 10.9. The molecule has 0 aliphatic carbocycles. The number of carbonyl (C=O) groups is 1. The molecule has 0 atom stereocenters. The van der Waals surface area contributed by atoms with Gasteiger partial charge in [0.25, 0.3) is 0 Å². The maximum Gasteiger partial charge on any atom is 0.230 e. The highest BCUT2D eigenvalue weighted by atomic mass is 32.2. The predicted molar refractivity (Wildman–Crippen MR) is 131 cm³/mol. The molecule has 0 N–H and O–H groups in total. The number of aryl methyl sites for hydroxylation is 1. The molecule has 0 unspecified atom stereocenters. The van der Waals surface area contributed by atoms with Crippen molar-refractivity contribution in [2.75, 3.05) is 12.0 Å².